The molecule has 0 aliphatic heterocycles. The van der Waals surface area contributed by atoms with Crippen LogP contribution in [-0.4, -0.2) is 33.7 Å². The Bertz CT molecular complexity index is 1760. The Kier molecular flexibility index (Phi) is 8.64. The minimum Gasteiger partial charge on any atom is -0.322 e. The van der Waals surface area contributed by atoms with Gasteiger partial charge in [-0.1, -0.05) is 76.1 Å². The monoisotopic (exact) mass is 620 g/mol. The Morgan fingerprint density at radius 1 is 0.810 bits per heavy atom. The summed E-state index contributed by atoms with van der Waals surface area (Å²) in [7, 11) is 0. The van der Waals surface area contributed by atoms with E-state index in [-0.39, 0.29) is 11.3 Å². The third kappa shape index (κ3) is 6.86. The largest absolute Gasteiger partial charge is 0.329 e. The molecular weight excluding hydrogens is 596 g/mol. The Morgan fingerprint density at radius 3 is 2.24 bits per heavy atom. The molecule has 0 saturated carbocycles. The summed E-state index contributed by atoms with van der Waals surface area (Å²) in [6, 6.07) is 31.0. The zero-order valence-electron chi connectivity index (χ0n) is 22.4. The number of rotatable bonds is 7. The minimum absolute atomic E-state index is 0.188. The molecule has 0 radical (unpaired) electrons. The van der Waals surface area contributed by atoms with Gasteiger partial charge in [-0.2, -0.15) is 10.2 Å². The average Bonchev–Trinajstić information content (AvgIpc) is 3.43. The molecule has 4 aromatic carbocycles. The van der Waals surface area contributed by atoms with E-state index < -0.39 is 17.7 Å². The van der Waals surface area contributed by atoms with Gasteiger partial charge in [0.05, 0.1) is 23.2 Å². The second-order valence-electron chi connectivity index (χ2n) is 9.24. The predicted octanol–water partition coefficient (Wildman–Crippen LogP) is 5.95. The number of halogens is 1. The number of nitrogens with zero attached hydrogens (tertiary/aromatic N) is 3. The van der Waals surface area contributed by atoms with E-state index in [0.717, 1.165) is 21.3 Å². The third-order valence-corrected chi connectivity index (χ3v) is 6.71. The molecule has 5 aromatic rings. The molecular formula is C32H25BrN6O3. The van der Waals surface area contributed by atoms with Crippen LogP contribution in [0.3, 0.4) is 0 Å². The molecule has 0 spiro atoms. The molecule has 5 rings (SSSR count). The van der Waals surface area contributed by atoms with E-state index in [2.05, 4.69) is 37.1 Å². The first kappa shape index (κ1) is 28.2. The molecule has 1 aromatic heterocycles. The molecule has 0 unspecified atom stereocenters. The van der Waals surface area contributed by atoms with Crippen molar-refractivity contribution in [2.75, 3.05) is 10.6 Å². The van der Waals surface area contributed by atoms with Gasteiger partial charge in [0, 0.05) is 27.5 Å². The summed E-state index contributed by atoms with van der Waals surface area (Å²) in [6.45, 7) is 1.95. The van der Waals surface area contributed by atoms with Crippen molar-refractivity contribution in [3.8, 4) is 16.9 Å². The fraction of sp³-hybridized carbons (Fsp3) is 0.0312. The zero-order chi connectivity index (χ0) is 29.5. The van der Waals surface area contributed by atoms with Crippen molar-refractivity contribution in [3.05, 3.63) is 130 Å². The van der Waals surface area contributed by atoms with Crippen molar-refractivity contribution in [2.45, 2.75) is 6.92 Å². The molecule has 0 aliphatic carbocycles. The summed E-state index contributed by atoms with van der Waals surface area (Å²) < 4.78 is 2.64. The van der Waals surface area contributed by atoms with E-state index in [9.17, 15) is 14.4 Å². The lowest BCUT2D eigenvalue weighted by Gasteiger charge is -2.11. The SMILES string of the molecule is Cc1ccc(NC(=O)c2ccccc2NC(=O)C(=O)N/N=C/c2cn(-c3ccccc3)nc2-c2ccc(Br)cc2)cc1. The fourth-order valence-corrected chi connectivity index (χ4v) is 4.31. The number of aromatic nitrogens is 2. The number of nitrogens with one attached hydrogen (secondary N) is 3. The number of hydrazone groups is 1. The van der Waals surface area contributed by atoms with Gasteiger partial charge < -0.3 is 10.6 Å². The maximum atomic E-state index is 12.9. The summed E-state index contributed by atoms with van der Waals surface area (Å²) in [5.74, 6) is -2.40. The van der Waals surface area contributed by atoms with Crippen LogP contribution in [0.15, 0.2) is 119 Å². The second-order valence-corrected chi connectivity index (χ2v) is 10.2. The topological polar surface area (TPSA) is 117 Å². The highest BCUT2D eigenvalue weighted by atomic mass is 79.9. The molecule has 1 heterocycles. The van der Waals surface area contributed by atoms with Crippen molar-refractivity contribution in [1.82, 2.24) is 15.2 Å². The molecule has 10 heteroatoms. The van der Waals surface area contributed by atoms with Crippen LogP contribution in [0.2, 0.25) is 0 Å². The standard InChI is InChI=1S/C32H25BrN6O3/c1-21-11-17-25(18-12-21)35-30(40)27-9-5-6-10-28(27)36-31(41)32(42)37-34-19-23-20-39(26-7-3-2-4-8-26)38-29(23)22-13-15-24(33)16-14-22/h2-20H,1H3,(H,35,40)(H,36,41)(H,37,42)/b34-19+. The van der Waals surface area contributed by atoms with Gasteiger partial charge in [0.1, 0.15) is 5.69 Å². The van der Waals surface area contributed by atoms with E-state index in [4.69, 9.17) is 5.10 Å². The van der Waals surface area contributed by atoms with Crippen molar-refractivity contribution in [3.63, 3.8) is 0 Å². The Labute approximate surface area is 250 Å². The van der Waals surface area contributed by atoms with Crippen LogP contribution < -0.4 is 16.1 Å². The van der Waals surface area contributed by atoms with E-state index >= 15 is 0 Å². The number of anilines is 2. The third-order valence-electron chi connectivity index (χ3n) is 6.19. The van der Waals surface area contributed by atoms with Gasteiger partial charge in [-0.05, 0) is 55.5 Å². The first-order chi connectivity index (χ1) is 20.4. The lowest BCUT2D eigenvalue weighted by Crippen LogP contribution is -2.33. The van der Waals surface area contributed by atoms with Gasteiger partial charge in [0.15, 0.2) is 0 Å². The number of hydrogen-bond donors (Lipinski definition) is 3. The first-order valence-corrected chi connectivity index (χ1v) is 13.7. The van der Waals surface area contributed by atoms with E-state index in [1.54, 1.807) is 47.3 Å². The van der Waals surface area contributed by atoms with Gasteiger partial charge in [0.25, 0.3) is 5.91 Å². The van der Waals surface area contributed by atoms with Crippen LogP contribution >= 0.6 is 15.9 Å². The molecule has 0 fully saturated rings. The maximum absolute atomic E-state index is 12.9. The number of para-hydroxylation sites is 2. The van der Waals surface area contributed by atoms with Crippen LogP contribution in [0.1, 0.15) is 21.5 Å². The molecule has 42 heavy (non-hydrogen) atoms. The van der Waals surface area contributed by atoms with Crippen LogP contribution in [0.25, 0.3) is 16.9 Å². The lowest BCUT2D eigenvalue weighted by atomic mass is 10.1. The van der Waals surface area contributed by atoms with E-state index in [1.807, 2.05) is 73.7 Å². The summed E-state index contributed by atoms with van der Waals surface area (Å²) in [4.78, 5) is 38.2. The number of carbonyl (C=O) groups is 3. The molecule has 3 amide bonds. The number of amides is 3. The van der Waals surface area contributed by atoms with Gasteiger partial charge in [-0.25, -0.2) is 10.1 Å². The van der Waals surface area contributed by atoms with Crippen LogP contribution in [0.5, 0.6) is 0 Å². The smallest absolute Gasteiger partial charge is 0.322 e. The number of aryl methyl sites for hydroxylation is 1. The highest BCUT2D eigenvalue weighted by molar-refractivity contribution is 9.10. The minimum atomic E-state index is -0.999. The molecule has 3 N–H and O–H groups in total. The molecule has 9 nitrogen and oxygen atoms in total. The molecule has 0 aliphatic rings. The van der Waals surface area contributed by atoms with Gasteiger partial charge >= 0.3 is 11.8 Å². The number of hydrogen-bond acceptors (Lipinski definition) is 5. The molecule has 0 atom stereocenters. The number of benzene rings is 4. The quantitative estimate of drug-likeness (QED) is 0.118. The first-order valence-electron chi connectivity index (χ1n) is 12.9. The Morgan fingerprint density at radius 2 is 1.50 bits per heavy atom. The maximum Gasteiger partial charge on any atom is 0.329 e. The van der Waals surface area contributed by atoms with Crippen LogP contribution in [-0.2, 0) is 9.59 Å². The van der Waals surface area contributed by atoms with E-state index in [0.29, 0.717) is 16.9 Å². The van der Waals surface area contributed by atoms with Crippen molar-refractivity contribution < 1.29 is 14.4 Å². The van der Waals surface area contributed by atoms with Crippen molar-refractivity contribution in [2.24, 2.45) is 5.10 Å². The van der Waals surface area contributed by atoms with Crippen LogP contribution in [0, 0.1) is 6.92 Å². The fourth-order valence-electron chi connectivity index (χ4n) is 4.04. The van der Waals surface area contributed by atoms with E-state index in [1.165, 1.54) is 6.21 Å². The zero-order valence-corrected chi connectivity index (χ0v) is 24.0. The Hall–Kier alpha value is -5.35. The molecule has 0 bridgehead atoms. The Balaban J connectivity index is 1.29. The summed E-state index contributed by atoms with van der Waals surface area (Å²) in [5, 5.41) is 14.0. The molecule has 0 saturated heterocycles. The lowest BCUT2D eigenvalue weighted by molar-refractivity contribution is -0.136. The normalized spacial score (nSPS) is 10.8. The predicted molar refractivity (Wildman–Crippen MR) is 167 cm³/mol. The van der Waals surface area contributed by atoms with Crippen LogP contribution in [0.4, 0.5) is 11.4 Å². The highest BCUT2D eigenvalue weighted by Gasteiger charge is 2.18. The highest BCUT2D eigenvalue weighted by Crippen LogP contribution is 2.24. The number of carbonyl (C=O) groups excluding carboxylic acids is 3. The molecule has 208 valence electrons. The summed E-state index contributed by atoms with van der Waals surface area (Å²) in [6.07, 6.45) is 3.21. The van der Waals surface area contributed by atoms with Gasteiger partial charge in [0.2, 0.25) is 0 Å². The summed E-state index contributed by atoms with van der Waals surface area (Å²) >= 11 is 3.44. The average molecular weight is 621 g/mol. The summed E-state index contributed by atoms with van der Waals surface area (Å²) in [5.41, 5.74) is 7.28. The van der Waals surface area contributed by atoms with Gasteiger partial charge in [-0.15, -0.1) is 0 Å². The van der Waals surface area contributed by atoms with Gasteiger partial charge in [-0.3, -0.25) is 14.4 Å². The van der Waals surface area contributed by atoms with Crippen molar-refractivity contribution in [1.29, 1.82) is 0 Å². The van der Waals surface area contributed by atoms with Crippen molar-refractivity contribution >= 4 is 51.2 Å². The second kappa shape index (κ2) is 12.9.